The van der Waals surface area contributed by atoms with Gasteiger partial charge in [0.05, 0.1) is 12.1 Å². The smallest absolute Gasteiger partial charge is 0.215 e. The second-order valence-corrected chi connectivity index (χ2v) is 7.54. The van der Waals surface area contributed by atoms with Crippen LogP contribution in [0.5, 0.6) is 0 Å². The molecule has 0 saturated heterocycles. The van der Waals surface area contributed by atoms with Crippen molar-refractivity contribution in [2.24, 2.45) is 0 Å². The molecule has 0 N–H and O–H groups in total. The van der Waals surface area contributed by atoms with Gasteiger partial charge in [0.2, 0.25) is 5.16 Å². The third-order valence-electron chi connectivity index (χ3n) is 3.13. The summed E-state index contributed by atoms with van der Waals surface area (Å²) in [5.74, 6) is 0. The molecule has 23 heavy (non-hydrogen) atoms. The number of tetrazole rings is 1. The first kappa shape index (κ1) is 14.7. The van der Waals surface area contributed by atoms with Crippen molar-refractivity contribution in [3.05, 3.63) is 51.4 Å². The molecule has 0 saturated carbocycles. The maximum Gasteiger partial charge on any atom is 0.215 e. The summed E-state index contributed by atoms with van der Waals surface area (Å²) in [6.07, 6.45) is 1.56. The molecule has 114 valence electrons. The summed E-state index contributed by atoms with van der Waals surface area (Å²) >= 11 is 6.61. The summed E-state index contributed by atoms with van der Waals surface area (Å²) in [5.41, 5.74) is 0.892. The highest BCUT2D eigenvalue weighted by atomic mass is 79.9. The molecular weight excluding hydrogens is 396 g/mol. The summed E-state index contributed by atoms with van der Waals surface area (Å²) < 4.78 is 2.77. The monoisotopic (exact) mass is 404 g/mol. The Bertz CT molecular complexity index is 953. The van der Waals surface area contributed by atoms with Crippen molar-refractivity contribution < 1.29 is 0 Å². The molecule has 0 aliphatic rings. The lowest BCUT2D eigenvalue weighted by Crippen LogP contribution is -2.02. The molecular formula is C14H9BrN6S2. The number of hydrogen-bond acceptors (Lipinski definition) is 7. The van der Waals surface area contributed by atoms with E-state index in [1.807, 2.05) is 29.6 Å². The lowest BCUT2D eigenvalue weighted by Gasteiger charge is -2.05. The van der Waals surface area contributed by atoms with Gasteiger partial charge in [0.25, 0.3) is 0 Å². The first-order valence-corrected chi connectivity index (χ1v) is 9.15. The van der Waals surface area contributed by atoms with Crippen LogP contribution in [0.15, 0.2) is 56.7 Å². The van der Waals surface area contributed by atoms with Gasteiger partial charge in [-0.1, -0.05) is 22.0 Å². The molecule has 0 spiro atoms. The molecule has 0 amide bonds. The number of fused-ring (bicyclic) bond motifs is 1. The van der Waals surface area contributed by atoms with Crippen molar-refractivity contribution in [3.8, 4) is 0 Å². The summed E-state index contributed by atoms with van der Waals surface area (Å²) in [7, 11) is 0. The van der Waals surface area contributed by atoms with Gasteiger partial charge in [-0.15, -0.1) is 16.4 Å². The van der Waals surface area contributed by atoms with Crippen LogP contribution in [0.4, 0.5) is 0 Å². The molecule has 3 aromatic heterocycles. The van der Waals surface area contributed by atoms with E-state index in [4.69, 9.17) is 0 Å². The van der Waals surface area contributed by atoms with E-state index >= 15 is 0 Å². The van der Waals surface area contributed by atoms with Crippen molar-refractivity contribution in [3.63, 3.8) is 0 Å². The summed E-state index contributed by atoms with van der Waals surface area (Å²) in [5, 5.41) is 16.5. The minimum Gasteiger partial charge on any atom is -0.236 e. The van der Waals surface area contributed by atoms with E-state index in [2.05, 4.69) is 47.5 Å². The fraction of sp³-hybridized carbons (Fsp3) is 0.0714. The van der Waals surface area contributed by atoms with E-state index in [0.29, 0.717) is 11.7 Å². The molecule has 4 aromatic rings. The number of halogens is 1. The standard InChI is InChI=1S/C14H9BrN6S2/c15-9-3-4-12-11(6-9)13(17-8-16-12)23-14-18-19-20-21(14)7-10-2-1-5-22-10/h1-6,8H,7H2. The van der Waals surface area contributed by atoms with Crippen LogP contribution in [0, 0.1) is 0 Å². The highest BCUT2D eigenvalue weighted by Crippen LogP contribution is 2.31. The average Bonchev–Trinajstić information content (AvgIpc) is 3.21. The zero-order chi connectivity index (χ0) is 15.6. The Morgan fingerprint density at radius 2 is 2.17 bits per heavy atom. The van der Waals surface area contributed by atoms with Crippen molar-refractivity contribution in [1.29, 1.82) is 0 Å². The van der Waals surface area contributed by atoms with Crippen LogP contribution < -0.4 is 0 Å². The summed E-state index contributed by atoms with van der Waals surface area (Å²) in [4.78, 5) is 9.88. The Balaban J connectivity index is 1.69. The fourth-order valence-corrected chi connectivity index (χ4v) is 3.97. The molecule has 1 aromatic carbocycles. The molecule has 0 aliphatic carbocycles. The average molecular weight is 405 g/mol. The van der Waals surface area contributed by atoms with Gasteiger partial charge in [-0.2, -0.15) is 0 Å². The zero-order valence-corrected chi connectivity index (χ0v) is 14.8. The molecule has 9 heteroatoms. The quantitative estimate of drug-likeness (QED) is 0.483. The molecule has 0 fully saturated rings. The number of aromatic nitrogens is 6. The number of thiophene rings is 1. The number of nitrogens with zero attached hydrogens (tertiary/aromatic N) is 6. The summed E-state index contributed by atoms with van der Waals surface area (Å²) in [6.45, 7) is 0.652. The van der Waals surface area contributed by atoms with Crippen LogP contribution in [0.3, 0.4) is 0 Å². The lowest BCUT2D eigenvalue weighted by atomic mass is 10.2. The third-order valence-corrected chi connectivity index (χ3v) is 5.48. The lowest BCUT2D eigenvalue weighted by molar-refractivity contribution is 0.608. The Morgan fingerprint density at radius 1 is 1.22 bits per heavy atom. The maximum atomic E-state index is 4.39. The van der Waals surface area contributed by atoms with E-state index in [-0.39, 0.29) is 0 Å². The predicted octanol–water partition coefficient (Wildman–Crippen LogP) is 3.64. The van der Waals surface area contributed by atoms with Gasteiger partial charge in [0, 0.05) is 14.7 Å². The maximum absolute atomic E-state index is 4.39. The third kappa shape index (κ3) is 3.12. The molecule has 0 unspecified atom stereocenters. The SMILES string of the molecule is Brc1ccc2ncnc(Sc3nnnn3Cc3cccs3)c2c1. The van der Waals surface area contributed by atoms with Gasteiger partial charge in [-0.3, -0.25) is 0 Å². The first-order chi connectivity index (χ1) is 11.3. The highest BCUT2D eigenvalue weighted by Gasteiger charge is 2.13. The van der Waals surface area contributed by atoms with Crippen LogP contribution >= 0.6 is 39.0 Å². The topological polar surface area (TPSA) is 69.4 Å². The number of benzene rings is 1. The molecule has 4 rings (SSSR count). The summed E-state index contributed by atoms with van der Waals surface area (Å²) in [6, 6.07) is 10.0. The van der Waals surface area contributed by atoms with Crippen LogP contribution in [-0.2, 0) is 6.54 Å². The van der Waals surface area contributed by atoms with Crippen LogP contribution in [-0.4, -0.2) is 30.2 Å². The molecule has 0 atom stereocenters. The van der Waals surface area contributed by atoms with Crippen molar-refractivity contribution in [1.82, 2.24) is 30.2 Å². The predicted molar refractivity (Wildman–Crippen MR) is 92.6 cm³/mol. The molecule has 0 bridgehead atoms. The van der Waals surface area contributed by atoms with Crippen molar-refractivity contribution >= 4 is 49.9 Å². The van der Waals surface area contributed by atoms with Gasteiger partial charge in [0.15, 0.2) is 0 Å². The van der Waals surface area contributed by atoms with Crippen LogP contribution in [0.25, 0.3) is 10.9 Å². The van der Waals surface area contributed by atoms with E-state index in [1.165, 1.54) is 16.6 Å². The Kier molecular flexibility index (Phi) is 4.06. The van der Waals surface area contributed by atoms with Crippen molar-refractivity contribution in [2.45, 2.75) is 16.7 Å². The zero-order valence-electron chi connectivity index (χ0n) is 11.6. The van der Waals surface area contributed by atoms with Crippen LogP contribution in [0.2, 0.25) is 0 Å². The Hall–Kier alpha value is -1.84. The van der Waals surface area contributed by atoms with Crippen molar-refractivity contribution in [2.75, 3.05) is 0 Å². The largest absolute Gasteiger partial charge is 0.236 e. The van der Waals surface area contributed by atoms with Gasteiger partial charge in [0.1, 0.15) is 11.4 Å². The molecule has 0 aliphatic heterocycles. The first-order valence-electron chi connectivity index (χ1n) is 6.66. The Morgan fingerprint density at radius 3 is 3.04 bits per heavy atom. The molecule has 0 radical (unpaired) electrons. The Labute approximate surface area is 148 Å². The van der Waals surface area contributed by atoms with Gasteiger partial charge < -0.3 is 0 Å². The fourth-order valence-electron chi connectivity index (χ4n) is 2.09. The molecule has 3 heterocycles. The van der Waals surface area contributed by atoms with E-state index in [0.717, 1.165) is 20.4 Å². The second kappa shape index (κ2) is 6.34. The van der Waals surface area contributed by atoms with E-state index < -0.39 is 0 Å². The van der Waals surface area contributed by atoms with Gasteiger partial charge in [-0.05, 0) is 51.8 Å². The highest BCUT2D eigenvalue weighted by molar-refractivity contribution is 9.10. The second-order valence-electron chi connectivity index (χ2n) is 4.64. The minimum atomic E-state index is 0.652. The minimum absolute atomic E-state index is 0.652. The number of rotatable bonds is 4. The normalized spacial score (nSPS) is 11.2. The van der Waals surface area contributed by atoms with Crippen LogP contribution in [0.1, 0.15) is 4.88 Å². The van der Waals surface area contributed by atoms with Gasteiger partial charge >= 0.3 is 0 Å². The van der Waals surface area contributed by atoms with Gasteiger partial charge in [-0.25, -0.2) is 14.6 Å². The number of hydrogen-bond donors (Lipinski definition) is 0. The molecule has 6 nitrogen and oxygen atoms in total. The van der Waals surface area contributed by atoms with E-state index in [9.17, 15) is 0 Å². The van der Waals surface area contributed by atoms with E-state index in [1.54, 1.807) is 22.3 Å².